The number of aryl methyl sites for hydroxylation is 1. The number of hydrogen-bond acceptors (Lipinski definition) is 10. The van der Waals surface area contributed by atoms with Gasteiger partial charge in [0.2, 0.25) is 17.7 Å². The number of fused-ring (bicyclic) bond motifs is 4. The number of likely N-dealkylation sites (N-methyl/N-ethyl adjacent to an activating group) is 1. The number of aromatic nitrogens is 1. The summed E-state index contributed by atoms with van der Waals surface area (Å²) in [5.41, 5.74) is 10.1. The Kier molecular flexibility index (Phi) is 12.4. The highest BCUT2D eigenvalue weighted by atomic mass is 16.6. The molecule has 0 fully saturated rings. The lowest BCUT2D eigenvalue weighted by atomic mass is 9.74. The number of hydrogen-bond donors (Lipinski definition) is 4. The number of pyridine rings is 1. The predicted octanol–water partition coefficient (Wildman–Crippen LogP) is 3.82. The highest BCUT2D eigenvalue weighted by molar-refractivity contribution is 5.92. The minimum absolute atomic E-state index is 0.0421. The van der Waals surface area contributed by atoms with Gasteiger partial charge in [0.25, 0.3) is 0 Å². The number of carbonyl (C=O) groups excluding carboxylic acids is 5. The normalized spacial score (nSPS) is 19.4. The maximum absolute atomic E-state index is 13.1. The van der Waals surface area contributed by atoms with Crippen LogP contribution >= 0.6 is 0 Å². The first kappa shape index (κ1) is 39.2. The van der Waals surface area contributed by atoms with Gasteiger partial charge in [-0.2, -0.15) is 0 Å². The van der Waals surface area contributed by atoms with Gasteiger partial charge in [-0.15, -0.1) is 0 Å². The van der Waals surface area contributed by atoms with Gasteiger partial charge in [0.1, 0.15) is 18.4 Å². The van der Waals surface area contributed by atoms with Crippen molar-refractivity contribution in [1.29, 1.82) is 0 Å². The van der Waals surface area contributed by atoms with E-state index in [1.807, 2.05) is 31.7 Å². The monoisotopic (exact) mass is 732 g/mol. The van der Waals surface area contributed by atoms with Crippen molar-refractivity contribution in [3.05, 3.63) is 52.2 Å². The molecule has 0 bridgehead atoms. The van der Waals surface area contributed by atoms with Gasteiger partial charge >= 0.3 is 12.1 Å². The molecular weight excluding hydrogens is 680 g/mol. The molecule has 14 nitrogen and oxygen atoms in total. The average Bonchev–Trinajstić information content (AvgIpc) is 3.50. The Morgan fingerprint density at radius 1 is 1.17 bits per heavy atom. The highest BCUT2D eigenvalue weighted by Gasteiger charge is 2.48. The van der Waals surface area contributed by atoms with Gasteiger partial charge in [-0.05, 0) is 61.6 Å². The van der Waals surface area contributed by atoms with Crippen molar-refractivity contribution in [2.45, 2.75) is 104 Å². The summed E-state index contributed by atoms with van der Waals surface area (Å²) in [6, 6.07) is 4.13. The number of aliphatic hydroxyl groups is 1. The van der Waals surface area contributed by atoms with Crippen molar-refractivity contribution in [2.75, 3.05) is 26.7 Å². The summed E-state index contributed by atoms with van der Waals surface area (Å²) >= 11 is 0. The molecule has 0 saturated carbocycles. The van der Waals surface area contributed by atoms with E-state index in [-0.39, 0.29) is 44.4 Å². The van der Waals surface area contributed by atoms with Crippen molar-refractivity contribution < 1.29 is 38.6 Å². The number of rotatable bonds is 16. The van der Waals surface area contributed by atoms with E-state index in [0.717, 1.165) is 59.2 Å². The van der Waals surface area contributed by atoms with Crippen molar-refractivity contribution in [3.63, 3.8) is 0 Å². The number of nitrogens with two attached hydrogens (primary N) is 1. The van der Waals surface area contributed by atoms with Gasteiger partial charge in [-0.25, -0.2) is 9.78 Å². The van der Waals surface area contributed by atoms with Crippen molar-refractivity contribution in [2.24, 2.45) is 11.1 Å². The second-order valence-electron chi connectivity index (χ2n) is 14.2. The topological polar surface area (TPSA) is 193 Å². The van der Waals surface area contributed by atoms with Crippen LogP contribution in [0.4, 0.5) is 4.79 Å². The zero-order valence-corrected chi connectivity index (χ0v) is 31.4. The first-order valence-corrected chi connectivity index (χ1v) is 18.6. The summed E-state index contributed by atoms with van der Waals surface area (Å²) in [7, 11) is 1.54. The molecule has 5 rings (SSSR count). The Balaban J connectivity index is 1.23. The van der Waals surface area contributed by atoms with E-state index in [0.29, 0.717) is 42.6 Å². The zero-order valence-electron chi connectivity index (χ0n) is 31.4. The van der Waals surface area contributed by atoms with Gasteiger partial charge in [-0.3, -0.25) is 19.2 Å². The summed E-state index contributed by atoms with van der Waals surface area (Å²) in [6.45, 7) is 8.54. The first-order valence-electron chi connectivity index (χ1n) is 18.6. The molecule has 0 radical (unpaired) electrons. The summed E-state index contributed by atoms with van der Waals surface area (Å²) in [6.07, 6.45) is 6.32. The number of nitrogens with one attached hydrogen (secondary N) is 2. The molecule has 0 spiro atoms. The Morgan fingerprint density at radius 3 is 2.62 bits per heavy atom. The Hall–Kier alpha value is -4.98. The summed E-state index contributed by atoms with van der Waals surface area (Å²) < 4.78 is 11.2. The molecule has 286 valence electrons. The van der Waals surface area contributed by atoms with Crippen LogP contribution in [0.5, 0.6) is 5.75 Å². The number of cyclic esters (lactones) is 1. The second-order valence-corrected chi connectivity index (χ2v) is 14.2. The minimum atomic E-state index is -1.11. The number of allylic oxidation sites excluding steroid dienone is 1. The number of amides is 4. The molecule has 14 heteroatoms. The molecule has 2 aromatic rings. The van der Waals surface area contributed by atoms with Crippen LogP contribution in [0.25, 0.3) is 16.6 Å². The fraction of sp³-hybridized carbons (Fsp3) is 0.538. The molecule has 3 aliphatic heterocycles. The third-order valence-corrected chi connectivity index (χ3v) is 10.6. The fourth-order valence-corrected chi connectivity index (χ4v) is 7.23. The molecule has 0 aliphatic carbocycles. The Labute approximate surface area is 310 Å². The molecule has 1 aromatic carbocycles. The lowest BCUT2D eigenvalue weighted by molar-refractivity contribution is -0.154. The van der Waals surface area contributed by atoms with Crippen LogP contribution in [-0.4, -0.2) is 88.7 Å². The fourth-order valence-electron chi connectivity index (χ4n) is 7.23. The van der Waals surface area contributed by atoms with Crippen LogP contribution in [0.1, 0.15) is 95.9 Å². The molecule has 1 unspecified atom stereocenters. The van der Waals surface area contributed by atoms with E-state index < -0.39 is 35.6 Å². The number of nitrogens with zero attached hydrogens (tertiary/aromatic N) is 3. The van der Waals surface area contributed by atoms with E-state index in [9.17, 15) is 29.1 Å². The van der Waals surface area contributed by atoms with Crippen molar-refractivity contribution >= 4 is 46.4 Å². The molecule has 0 saturated heterocycles. The third-order valence-electron chi connectivity index (χ3n) is 10.6. The quantitative estimate of drug-likeness (QED) is 0.146. The summed E-state index contributed by atoms with van der Waals surface area (Å²) in [5.74, 6) is -1.59. The number of carbonyl (C=O) groups is 5. The van der Waals surface area contributed by atoms with Gasteiger partial charge < -0.3 is 40.7 Å². The van der Waals surface area contributed by atoms with Crippen LogP contribution in [0.3, 0.4) is 0 Å². The molecule has 1 aromatic heterocycles. The molecule has 3 aliphatic rings. The van der Waals surface area contributed by atoms with E-state index >= 15 is 0 Å². The highest BCUT2D eigenvalue weighted by Crippen LogP contribution is 2.48. The number of esters is 1. The molecule has 4 heterocycles. The number of ether oxygens (including phenoxy) is 2. The van der Waals surface area contributed by atoms with Crippen LogP contribution in [0.2, 0.25) is 0 Å². The molecular formula is C39H52N6O8. The van der Waals surface area contributed by atoms with Crippen molar-refractivity contribution in [1.82, 2.24) is 25.4 Å². The molecule has 4 amide bonds. The molecule has 5 N–H and O–H groups in total. The van der Waals surface area contributed by atoms with Crippen molar-refractivity contribution in [3.8, 4) is 5.75 Å². The largest absolute Gasteiger partial charge is 0.460 e. The number of unbranched alkanes of at least 4 members (excludes halogenated alkanes) is 4. The lowest BCUT2D eigenvalue weighted by Crippen LogP contribution is -2.50. The van der Waals surface area contributed by atoms with Gasteiger partial charge in [0, 0.05) is 49.6 Å². The van der Waals surface area contributed by atoms with Crippen LogP contribution in [0.15, 0.2) is 35.4 Å². The van der Waals surface area contributed by atoms with Crippen LogP contribution < -0.4 is 21.1 Å². The van der Waals surface area contributed by atoms with E-state index in [4.69, 9.17) is 20.2 Å². The van der Waals surface area contributed by atoms with Gasteiger partial charge in [0.05, 0.1) is 28.7 Å². The van der Waals surface area contributed by atoms with Crippen LogP contribution in [-0.2, 0) is 36.9 Å². The van der Waals surface area contributed by atoms with Crippen LogP contribution in [0, 0.1) is 5.41 Å². The SMILES string of the molecule is CCCCCCCC(=O)N[C@H](CC(N)=O)C(=O)NCCN(C)C(=O)Oc1ccc2nc3c(c(CC)c2c1)CN1C3=CC2=C(COC(=O)[C@]2(C)CC)C1O. The van der Waals surface area contributed by atoms with E-state index in [2.05, 4.69) is 17.6 Å². The Bertz CT molecular complexity index is 1840. The maximum atomic E-state index is 13.1. The predicted molar refractivity (Wildman–Crippen MR) is 198 cm³/mol. The third kappa shape index (κ3) is 8.32. The average molecular weight is 733 g/mol. The second kappa shape index (κ2) is 16.8. The first-order chi connectivity index (χ1) is 25.3. The van der Waals surface area contributed by atoms with E-state index in [1.165, 1.54) is 11.9 Å². The molecule has 53 heavy (non-hydrogen) atoms. The van der Waals surface area contributed by atoms with Gasteiger partial charge in [-0.1, -0.05) is 46.5 Å². The molecule has 3 atom stereocenters. The summed E-state index contributed by atoms with van der Waals surface area (Å²) in [5, 5.41) is 17.6. The smallest absolute Gasteiger partial charge is 0.415 e. The standard InChI is InChI=1S/C39H52N6O8/c1-6-9-10-11-12-13-33(47)42-30(20-32(40)46)35(48)41-16-17-44(5)38(51)53-23-14-15-29-25(18-23)24(7-2)26-21-45-31(34(26)43-29)19-28-27(36(45)49)22-52-37(50)39(28,4)8-3/h14-15,18-19,30,36,49H,6-13,16-17,20-22H2,1-5H3,(H2,40,46)(H,41,48)(H,42,47)/t30-,36?,39-/m1/s1. The lowest BCUT2D eigenvalue weighted by Gasteiger charge is -2.41. The maximum Gasteiger partial charge on any atom is 0.415 e. The number of aliphatic hydroxyl groups excluding tert-OH is 1. The zero-order chi connectivity index (χ0) is 38.4. The number of benzene rings is 1. The minimum Gasteiger partial charge on any atom is -0.460 e. The van der Waals surface area contributed by atoms with Gasteiger partial charge in [0.15, 0.2) is 6.23 Å². The number of primary amides is 1. The summed E-state index contributed by atoms with van der Waals surface area (Å²) in [4.78, 5) is 70.9. The Morgan fingerprint density at radius 2 is 1.92 bits per heavy atom. The van der Waals surface area contributed by atoms with E-state index in [1.54, 1.807) is 18.2 Å².